The van der Waals surface area contributed by atoms with Gasteiger partial charge in [0.2, 0.25) is 0 Å². The summed E-state index contributed by atoms with van der Waals surface area (Å²) in [4.78, 5) is 25.2. The Morgan fingerprint density at radius 2 is 1.45 bits per heavy atom. The molecule has 0 spiro atoms. The van der Waals surface area contributed by atoms with Crippen LogP contribution in [0.2, 0.25) is 0 Å². The molecule has 0 radical (unpaired) electrons. The summed E-state index contributed by atoms with van der Waals surface area (Å²) in [6.07, 6.45) is 0. The first-order valence-electron chi connectivity index (χ1n) is 6.04. The number of benzene rings is 2. The number of ether oxygens (including phenoxy) is 1. The Bertz CT molecular complexity index is 661. The first kappa shape index (κ1) is 12.2. The molecule has 2 aromatic carbocycles. The lowest BCUT2D eigenvalue weighted by molar-refractivity contribution is 0.0518. The lowest BCUT2D eigenvalue weighted by Crippen LogP contribution is -2.33. The van der Waals surface area contributed by atoms with E-state index in [-0.39, 0.29) is 30.0 Å². The van der Waals surface area contributed by atoms with Crippen molar-refractivity contribution in [2.45, 2.75) is 0 Å². The molecule has 1 aliphatic heterocycles. The number of nitrogens with zero attached hydrogens (tertiary/aromatic N) is 1. The van der Waals surface area contributed by atoms with Crippen LogP contribution in [0.5, 0.6) is 11.5 Å². The van der Waals surface area contributed by atoms with Crippen LogP contribution >= 0.6 is 0 Å². The van der Waals surface area contributed by atoms with E-state index < -0.39 is 0 Å². The van der Waals surface area contributed by atoms with Crippen LogP contribution in [0.3, 0.4) is 0 Å². The number of imide groups is 1. The Hall–Kier alpha value is -2.82. The molecule has 20 heavy (non-hydrogen) atoms. The van der Waals surface area contributed by atoms with Crippen LogP contribution in [0.15, 0.2) is 48.5 Å². The number of rotatable bonds is 3. The average Bonchev–Trinajstić information content (AvgIpc) is 2.71. The van der Waals surface area contributed by atoms with Crippen molar-refractivity contribution in [3.8, 4) is 11.5 Å². The molecular formula is C15H11NO4. The van der Waals surface area contributed by atoms with E-state index in [2.05, 4.69) is 0 Å². The van der Waals surface area contributed by atoms with Crippen LogP contribution in [-0.4, -0.2) is 28.6 Å². The lowest BCUT2D eigenvalue weighted by atomic mass is 10.1. The minimum atomic E-state index is -0.388. The maximum atomic E-state index is 12.1. The molecule has 0 saturated heterocycles. The third kappa shape index (κ3) is 1.89. The summed E-state index contributed by atoms with van der Waals surface area (Å²) in [7, 11) is 0. The Morgan fingerprint density at radius 3 is 2.05 bits per heavy atom. The second-order valence-electron chi connectivity index (χ2n) is 4.33. The number of carbonyl (C=O) groups is 2. The van der Waals surface area contributed by atoms with Crippen molar-refractivity contribution in [3.63, 3.8) is 0 Å². The Balaban J connectivity index is 1.79. The van der Waals surface area contributed by atoms with Crippen molar-refractivity contribution in [2.24, 2.45) is 0 Å². The molecule has 1 heterocycles. The van der Waals surface area contributed by atoms with E-state index in [1.165, 1.54) is 6.07 Å². The number of carbonyl (C=O) groups excluding carboxylic acids is 2. The largest absolute Gasteiger partial charge is 0.504 e. The van der Waals surface area contributed by atoms with Gasteiger partial charge in [-0.25, -0.2) is 4.90 Å². The van der Waals surface area contributed by atoms with Gasteiger partial charge in [0.05, 0.1) is 11.1 Å². The highest BCUT2D eigenvalue weighted by atomic mass is 16.5. The van der Waals surface area contributed by atoms with E-state index in [0.717, 1.165) is 4.90 Å². The molecule has 0 unspecified atom stereocenters. The van der Waals surface area contributed by atoms with Gasteiger partial charge in [0.15, 0.2) is 18.2 Å². The van der Waals surface area contributed by atoms with E-state index in [0.29, 0.717) is 11.1 Å². The van der Waals surface area contributed by atoms with Crippen LogP contribution in [0.25, 0.3) is 0 Å². The van der Waals surface area contributed by atoms with E-state index in [9.17, 15) is 14.7 Å². The van der Waals surface area contributed by atoms with Gasteiger partial charge >= 0.3 is 0 Å². The Morgan fingerprint density at radius 1 is 0.900 bits per heavy atom. The van der Waals surface area contributed by atoms with Crippen molar-refractivity contribution in [1.82, 2.24) is 4.90 Å². The summed E-state index contributed by atoms with van der Waals surface area (Å²) >= 11 is 0. The Labute approximate surface area is 115 Å². The van der Waals surface area contributed by atoms with Crippen molar-refractivity contribution in [3.05, 3.63) is 59.7 Å². The SMILES string of the molecule is O=C1c2ccccc2C(=O)N1COc1ccccc1O. The lowest BCUT2D eigenvalue weighted by Gasteiger charge is -2.15. The Kier molecular flexibility index (Phi) is 2.87. The van der Waals surface area contributed by atoms with Gasteiger partial charge in [0.25, 0.3) is 11.8 Å². The van der Waals surface area contributed by atoms with Crippen molar-refractivity contribution in [2.75, 3.05) is 6.73 Å². The molecule has 0 saturated carbocycles. The molecule has 5 nitrogen and oxygen atoms in total. The summed E-state index contributed by atoms with van der Waals surface area (Å²) in [6.45, 7) is -0.232. The third-order valence-electron chi connectivity index (χ3n) is 3.09. The molecule has 1 aliphatic rings. The summed E-state index contributed by atoms with van der Waals surface area (Å²) in [5, 5.41) is 9.58. The van der Waals surface area contributed by atoms with Crippen LogP contribution in [-0.2, 0) is 0 Å². The number of hydrogen-bond acceptors (Lipinski definition) is 4. The van der Waals surface area contributed by atoms with Gasteiger partial charge in [-0.15, -0.1) is 0 Å². The maximum Gasteiger partial charge on any atom is 0.264 e. The van der Waals surface area contributed by atoms with E-state index in [1.807, 2.05) is 0 Å². The monoisotopic (exact) mass is 269 g/mol. The second kappa shape index (κ2) is 4.70. The fourth-order valence-corrected chi connectivity index (χ4v) is 2.07. The van der Waals surface area contributed by atoms with Gasteiger partial charge in [-0.05, 0) is 24.3 Å². The normalized spacial score (nSPS) is 13.5. The smallest absolute Gasteiger partial charge is 0.264 e. The zero-order chi connectivity index (χ0) is 14.1. The molecular weight excluding hydrogens is 258 g/mol. The summed E-state index contributed by atoms with van der Waals surface area (Å²) in [6, 6.07) is 13.0. The number of hydrogen-bond donors (Lipinski definition) is 1. The topological polar surface area (TPSA) is 66.8 Å². The molecule has 0 fully saturated rings. The molecule has 0 aromatic heterocycles. The summed E-state index contributed by atoms with van der Waals surface area (Å²) < 4.78 is 5.33. The van der Waals surface area contributed by atoms with Crippen molar-refractivity contribution < 1.29 is 19.4 Å². The summed E-state index contributed by atoms with van der Waals surface area (Å²) in [5.41, 5.74) is 0.747. The molecule has 2 aromatic rings. The zero-order valence-corrected chi connectivity index (χ0v) is 10.4. The van der Waals surface area contributed by atoms with Gasteiger partial charge < -0.3 is 9.84 Å². The first-order chi connectivity index (χ1) is 9.68. The third-order valence-corrected chi connectivity index (χ3v) is 3.09. The maximum absolute atomic E-state index is 12.1. The number of aromatic hydroxyl groups is 1. The number of para-hydroxylation sites is 2. The molecule has 5 heteroatoms. The number of fused-ring (bicyclic) bond motifs is 1. The quantitative estimate of drug-likeness (QED) is 0.866. The average molecular weight is 269 g/mol. The molecule has 0 aliphatic carbocycles. The summed E-state index contributed by atoms with van der Waals surface area (Å²) in [5.74, 6) is -0.588. The van der Waals surface area contributed by atoms with Crippen molar-refractivity contribution >= 4 is 11.8 Å². The predicted octanol–water partition coefficient (Wildman–Crippen LogP) is 2.02. The fraction of sp³-hybridized carbons (Fsp3) is 0.0667. The minimum absolute atomic E-state index is 0.0379. The molecule has 2 amide bonds. The van der Waals surface area contributed by atoms with Crippen LogP contribution in [0, 0.1) is 0 Å². The number of phenolic OH excluding ortho intramolecular Hbond substituents is 1. The van der Waals surface area contributed by atoms with Gasteiger partial charge in [0, 0.05) is 0 Å². The van der Waals surface area contributed by atoms with E-state index in [1.54, 1.807) is 42.5 Å². The highest BCUT2D eigenvalue weighted by Crippen LogP contribution is 2.26. The van der Waals surface area contributed by atoms with Crippen LogP contribution < -0.4 is 4.74 Å². The zero-order valence-electron chi connectivity index (χ0n) is 10.4. The standard InChI is InChI=1S/C15H11NO4/c17-12-7-3-4-8-13(12)20-9-16-14(18)10-5-1-2-6-11(10)15(16)19/h1-8,17H,9H2. The van der Waals surface area contributed by atoms with E-state index in [4.69, 9.17) is 4.74 Å². The number of phenols is 1. The molecule has 0 atom stereocenters. The highest BCUT2D eigenvalue weighted by Gasteiger charge is 2.35. The molecule has 3 rings (SSSR count). The molecule has 1 N–H and O–H groups in total. The fourth-order valence-electron chi connectivity index (χ4n) is 2.07. The first-order valence-corrected chi connectivity index (χ1v) is 6.04. The molecule has 0 bridgehead atoms. The highest BCUT2D eigenvalue weighted by molar-refractivity contribution is 6.21. The number of amides is 2. The molecule has 100 valence electrons. The van der Waals surface area contributed by atoms with Gasteiger partial charge in [0.1, 0.15) is 0 Å². The van der Waals surface area contributed by atoms with E-state index >= 15 is 0 Å². The van der Waals surface area contributed by atoms with Gasteiger partial charge in [-0.2, -0.15) is 0 Å². The van der Waals surface area contributed by atoms with Gasteiger partial charge in [-0.3, -0.25) is 9.59 Å². The minimum Gasteiger partial charge on any atom is -0.504 e. The van der Waals surface area contributed by atoms with Crippen LogP contribution in [0.4, 0.5) is 0 Å². The van der Waals surface area contributed by atoms with Gasteiger partial charge in [-0.1, -0.05) is 24.3 Å². The van der Waals surface area contributed by atoms with Crippen molar-refractivity contribution in [1.29, 1.82) is 0 Å². The van der Waals surface area contributed by atoms with Crippen LogP contribution in [0.1, 0.15) is 20.7 Å². The predicted molar refractivity (Wildman–Crippen MR) is 70.5 cm³/mol. The second-order valence-corrected chi connectivity index (χ2v) is 4.33.